The van der Waals surface area contributed by atoms with Crippen LogP contribution in [-0.4, -0.2) is 37.6 Å². The summed E-state index contributed by atoms with van der Waals surface area (Å²) in [6.07, 6.45) is 2.33. The number of hydrazone groups is 1. The van der Waals surface area contributed by atoms with E-state index in [0.29, 0.717) is 46.1 Å². The SMILES string of the molecule is CCCOc1ccc(C(=O)N/N=C/c2cc(Br)c(O)c(OC)c2)cc1OCC. The Hall–Kier alpha value is -2.74. The van der Waals surface area contributed by atoms with E-state index >= 15 is 0 Å². The molecule has 0 radical (unpaired) electrons. The summed E-state index contributed by atoms with van der Waals surface area (Å²) in [6, 6.07) is 8.24. The minimum atomic E-state index is -0.385. The number of benzene rings is 2. The lowest BCUT2D eigenvalue weighted by Crippen LogP contribution is -2.17. The van der Waals surface area contributed by atoms with E-state index in [-0.39, 0.29) is 11.7 Å². The number of methoxy groups -OCH3 is 1. The van der Waals surface area contributed by atoms with Crippen LogP contribution in [-0.2, 0) is 0 Å². The molecule has 0 aliphatic carbocycles. The van der Waals surface area contributed by atoms with Crippen molar-refractivity contribution in [2.75, 3.05) is 20.3 Å². The summed E-state index contributed by atoms with van der Waals surface area (Å²) in [5.41, 5.74) is 3.50. The van der Waals surface area contributed by atoms with Gasteiger partial charge >= 0.3 is 0 Å². The molecule has 0 unspecified atom stereocenters. The van der Waals surface area contributed by atoms with E-state index in [1.54, 1.807) is 30.3 Å². The minimum Gasteiger partial charge on any atom is -0.503 e. The number of aromatic hydroxyl groups is 1. The van der Waals surface area contributed by atoms with Gasteiger partial charge in [0, 0.05) is 5.56 Å². The molecule has 150 valence electrons. The zero-order valence-electron chi connectivity index (χ0n) is 16.0. The van der Waals surface area contributed by atoms with E-state index in [1.165, 1.54) is 13.3 Å². The molecule has 0 heterocycles. The van der Waals surface area contributed by atoms with Gasteiger partial charge in [-0.1, -0.05) is 6.92 Å². The maximum atomic E-state index is 12.4. The van der Waals surface area contributed by atoms with Gasteiger partial charge in [0.1, 0.15) is 0 Å². The first-order valence-electron chi connectivity index (χ1n) is 8.79. The van der Waals surface area contributed by atoms with Crippen molar-refractivity contribution in [1.82, 2.24) is 5.43 Å². The molecule has 0 bridgehead atoms. The Morgan fingerprint density at radius 1 is 1.18 bits per heavy atom. The quantitative estimate of drug-likeness (QED) is 0.443. The van der Waals surface area contributed by atoms with Gasteiger partial charge in [-0.3, -0.25) is 4.79 Å². The van der Waals surface area contributed by atoms with Crippen LogP contribution in [0.5, 0.6) is 23.0 Å². The van der Waals surface area contributed by atoms with Crippen molar-refractivity contribution in [2.24, 2.45) is 5.10 Å². The number of phenols is 1. The highest BCUT2D eigenvalue weighted by Crippen LogP contribution is 2.34. The molecule has 0 aliphatic heterocycles. The third-order valence-corrected chi connectivity index (χ3v) is 4.22. The van der Waals surface area contributed by atoms with Crippen molar-refractivity contribution in [3.05, 3.63) is 45.9 Å². The Morgan fingerprint density at radius 2 is 1.96 bits per heavy atom. The van der Waals surface area contributed by atoms with Crippen molar-refractivity contribution >= 4 is 28.1 Å². The largest absolute Gasteiger partial charge is 0.503 e. The van der Waals surface area contributed by atoms with Crippen molar-refractivity contribution in [2.45, 2.75) is 20.3 Å². The van der Waals surface area contributed by atoms with Crippen LogP contribution >= 0.6 is 15.9 Å². The summed E-state index contributed by atoms with van der Waals surface area (Å²) in [7, 11) is 1.45. The molecule has 0 saturated heterocycles. The predicted molar refractivity (Wildman–Crippen MR) is 111 cm³/mol. The third kappa shape index (κ3) is 5.63. The number of nitrogens with zero attached hydrogens (tertiary/aromatic N) is 1. The second-order valence-corrected chi connectivity index (χ2v) is 6.55. The molecule has 0 aromatic heterocycles. The first-order chi connectivity index (χ1) is 13.5. The number of carbonyl (C=O) groups is 1. The number of phenolic OH excluding ortho intramolecular Hbond substituents is 1. The Bertz CT molecular complexity index is 855. The summed E-state index contributed by atoms with van der Waals surface area (Å²) in [5.74, 6) is 1.03. The van der Waals surface area contributed by atoms with Crippen molar-refractivity contribution in [3.8, 4) is 23.0 Å². The Labute approximate surface area is 172 Å². The van der Waals surface area contributed by atoms with Gasteiger partial charge in [0.15, 0.2) is 23.0 Å². The second kappa shape index (κ2) is 10.6. The highest BCUT2D eigenvalue weighted by molar-refractivity contribution is 9.10. The van der Waals surface area contributed by atoms with Crippen LogP contribution in [0.15, 0.2) is 39.9 Å². The van der Waals surface area contributed by atoms with Gasteiger partial charge in [0.2, 0.25) is 0 Å². The van der Waals surface area contributed by atoms with Crippen molar-refractivity contribution in [1.29, 1.82) is 0 Å². The first-order valence-corrected chi connectivity index (χ1v) is 9.59. The molecule has 2 N–H and O–H groups in total. The fourth-order valence-electron chi connectivity index (χ4n) is 2.30. The van der Waals surface area contributed by atoms with E-state index in [2.05, 4.69) is 26.5 Å². The average Bonchev–Trinajstić information content (AvgIpc) is 2.69. The van der Waals surface area contributed by atoms with E-state index < -0.39 is 0 Å². The number of hydrogen-bond donors (Lipinski definition) is 2. The van der Waals surface area contributed by atoms with E-state index in [9.17, 15) is 9.90 Å². The fraction of sp³-hybridized carbons (Fsp3) is 0.300. The van der Waals surface area contributed by atoms with Crippen LogP contribution < -0.4 is 19.6 Å². The molecular formula is C20H23BrN2O5. The van der Waals surface area contributed by atoms with Crippen LogP contribution in [0.3, 0.4) is 0 Å². The highest BCUT2D eigenvalue weighted by Gasteiger charge is 2.12. The molecule has 2 aromatic rings. The van der Waals surface area contributed by atoms with Crippen LogP contribution in [0.2, 0.25) is 0 Å². The molecular weight excluding hydrogens is 428 g/mol. The third-order valence-electron chi connectivity index (χ3n) is 3.62. The molecule has 1 amide bonds. The van der Waals surface area contributed by atoms with Gasteiger partial charge < -0.3 is 19.3 Å². The standard InChI is InChI=1S/C20H23BrN2O5/c1-4-8-28-16-7-6-14(11-17(16)27-5-2)20(25)23-22-12-13-9-15(21)19(24)18(10-13)26-3/h6-7,9-12,24H,4-5,8H2,1-3H3,(H,23,25)/b22-12+. The summed E-state index contributed by atoms with van der Waals surface area (Å²) < 4.78 is 16.7. The smallest absolute Gasteiger partial charge is 0.271 e. The summed E-state index contributed by atoms with van der Waals surface area (Å²) in [4.78, 5) is 12.4. The Morgan fingerprint density at radius 3 is 2.64 bits per heavy atom. The van der Waals surface area contributed by atoms with Crippen LogP contribution in [0.4, 0.5) is 0 Å². The predicted octanol–water partition coefficient (Wildman–Crippen LogP) is 4.11. The fourth-order valence-corrected chi connectivity index (χ4v) is 2.76. The lowest BCUT2D eigenvalue weighted by Gasteiger charge is -2.12. The first kappa shape index (κ1) is 21.6. The lowest BCUT2D eigenvalue weighted by atomic mass is 10.2. The maximum Gasteiger partial charge on any atom is 0.271 e. The molecule has 0 spiro atoms. The number of nitrogens with one attached hydrogen (secondary N) is 1. The molecule has 0 atom stereocenters. The van der Waals surface area contributed by atoms with E-state index in [0.717, 1.165) is 6.42 Å². The van der Waals surface area contributed by atoms with Gasteiger partial charge in [0.05, 0.1) is 31.0 Å². The molecule has 8 heteroatoms. The minimum absolute atomic E-state index is 0.00230. The highest BCUT2D eigenvalue weighted by atomic mass is 79.9. The van der Waals surface area contributed by atoms with Crippen LogP contribution in [0, 0.1) is 0 Å². The monoisotopic (exact) mass is 450 g/mol. The number of hydrogen-bond acceptors (Lipinski definition) is 6. The number of ether oxygens (including phenoxy) is 3. The van der Waals surface area contributed by atoms with Gasteiger partial charge in [-0.05, 0) is 65.2 Å². The van der Waals surface area contributed by atoms with Gasteiger partial charge in [0.25, 0.3) is 5.91 Å². The number of rotatable bonds is 9. The van der Waals surface area contributed by atoms with E-state index in [1.807, 2.05) is 13.8 Å². The van der Waals surface area contributed by atoms with Gasteiger partial charge in [-0.15, -0.1) is 0 Å². The molecule has 28 heavy (non-hydrogen) atoms. The molecule has 0 saturated carbocycles. The number of amides is 1. The van der Waals surface area contributed by atoms with E-state index in [4.69, 9.17) is 14.2 Å². The molecule has 2 aromatic carbocycles. The molecule has 7 nitrogen and oxygen atoms in total. The zero-order valence-corrected chi connectivity index (χ0v) is 17.6. The summed E-state index contributed by atoms with van der Waals surface area (Å²) in [6.45, 7) is 4.91. The maximum absolute atomic E-state index is 12.4. The number of halogens is 1. The van der Waals surface area contributed by atoms with Crippen LogP contribution in [0.1, 0.15) is 36.2 Å². The summed E-state index contributed by atoms with van der Waals surface area (Å²) in [5, 5.41) is 13.8. The zero-order chi connectivity index (χ0) is 20.5. The average molecular weight is 451 g/mol. The molecule has 2 rings (SSSR count). The molecule has 0 fully saturated rings. The Balaban J connectivity index is 2.11. The normalized spacial score (nSPS) is 10.7. The molecule has 0 aliphatic rings. The van der Waals surface area contributed by atoms with Gasteiger partial charge in [-0.25, -0.2) is 5.43 Å². The topological polar surface area (TPSA) is 89.4 Å². The Kier molecular flexibility index (Phi) is 8.13. The van der Waals surface area contributed by atoms with Crippen LogP contribution in [0.25, 0.3) is 0 Å². The number of carbonyl (C=O) groups excluding carboxylic acids is 1. The van der Waals surface area contributed by atoms with Crippen molar-refractivity contribution in [3.63, 3.8) is 0 Å². The summed E-state index contributed by atoms with van der Waals surface area (Å²) >= 11 is 3.24. The van der Waals surface area contributed by atoms with Gasteiger partial charge in [-0.2, -0.15) is 5.10 Å². The second-order valence-electron chi connectivity index (χ2n) is 5.70. The van der Waals surface area contributed by atoms with Crippen molar-refractivity contribution < 1.29 is 24.1 Å². The lowest BCUT2D eigenvalue weighted by molar-refractivity contribution is 0.0954.